The zero-order chi connectivity index (χ0) is 18.2. The van der Waals surface area contributed by atoms with Crippen molar-refractivity contribution in [3.63, 3.8) is 0 Å². The molecule has 0 unspecified atom stereocenters. The van der Waals surface area contributed by atoms with E-state index < -0.39 is 22.1 Å². The summed E-state index contributed by atoms with van der Waals surface area (Å²) < 4.78 is 78.6. The first-order valence-corrected chi connectivity index (χ1v) is 9.18. The van der Waals surface area contributed by atoms with Crippen LogP contribution in [0.1, 0.15) is 6.42 Å². The van der Waals surface area contributed by atoms with Gasteiger partial charge in [-0.1, -0.05) is 0 Å². The Morgan fingerprint density at radius 2 is 1.96 bits per heavy atom. The van der Waals surface area contributed by atoms with Crippen LogP contribution in [0.4, 0.5) is 13.2 Å². The summed E-state index contributed by atoms with van der Waals surface area (Å²) in [5.74, 6) is -0.473. The smallest absolute Gasteiger partial charge is 0.406 e. The second-order valence-electron chi connectivity index (χ2n) is 6.07. The molecule has 1 aromatic rings. The molecule has 0 bridgehead atoms. The van der Waals surface area contributed by atoms with Crippen LogP contribution in [-0.4, -0.2) is 47.2 Å². The first-order valence-electron chi connectivity index (χ1n) is 7.70. The summed E-state index contributed by atoms with van der Waals surface area (Å²) in [5, 5.41) is 0. The number of nitrogens with one attached hydrogen (secondary N) is 1. The Morgan fingerprint density at radius 3 is 2.56 bits per heavy atom. The average Bonchev–Trinajstić information content (AvgIpc) is 2.94. The molecule has 1 saturated heterocycles. The maximum atomic E-state index is 12.5. The predicted octanol–water partition coefficient (Wildman–Crippen LogP) is 1.91. The van der Waals surface area contributed by atoms with Gasteiger partial charge in [0.05, 0.1) is 17.6 Å². The summed E-state index contributed by atoms with van der Waals surface area (Å²) in [6, 6.07) is 3.78. The second-order valence-corrected chi connectivity index (χ2v) is 7.79. The Morgan fingerprint density at radius 1 is 1.28 bits per heavy atom. The van der Waals surface area contributed by atoms with E-state index in [0.29, 0.717) is 13.2 Å². The van der Waals surface area contributed by atoms with E-state index in [1.807, 2.05) is 0 Å². The Hall–Kier alpha value is -1.36. The van der Waals surface area contributed by atoms with E-state index in [1.165, 1.54) is 7.11 Å². The van der Waals surface area contributed by atoms with Crippen LogP contribution in [0, 0.1) is 11.8 Å². The van der Waals surface area contributed by atoms with Crippen LogP contribution >= 0.6 is 0 Å². The van der Waals surface area contributed by atoms with Crippen LogP contribution < -0.4 is 9.46 Å². The molecule has 1 aliphatic heterocycles. The minimum Gasteiger partial charge on any atom is -0.406 e. The third-order valence-corrected chi connectivity index (χ3v) is 6.02. The summed E-state index contributed by atoms with van der Waals surface area (Å²) in [5.41, 5.74) is 0. The Kier molecular flexibility index (Phi) is 4.97. The van der Waals surface area contributed by atoms with Gasteiger partial charge in [0, 0.05) is 31.6 Å². The van der Waals surface area contributed by atoms with E-state index in [4.69, 9.17) is 9.47 Å². The molecule has 25 heavy (non-hydrogen) atoms. The van der Waals surface area contributed by atoms with Crippen LogP contribution in [-0.2, 0) is 19.5 Å². The van der Waals surface area contributed by atoms with Crippen LogP contribution in [0.5, 0.6) is 5.75 Å². The number of benzene rings is 1. The van der Waals surface area contributed by atoms with E-state index in [2.05, 4.69) is 9.46 Å². The molecule has 2 aliphatic rings. The minimum absolute atomic E-state index is 0.0183. The van der Waals surface area contributed by atoms with Gasteiger partial charge in [-0.25, -0.2) is 13.1 Å². The number of sulfonamides is 1. The molecule has 1 aliphatic carbocycles. The lowest BCUT2D eigenvalue weighted by atomic mass is 9.68. The molecule has 0 spiro atoms. The maximum Gasteiger partial charge on any atom is 0.573 e. The number of fused-ring (bicyclic) bond motifs is 1. The van der Waals surface area contributed by atoms with Crippen LogP contribution in [0.25, 0.3) is 0 Å². The highest BCUT2D eigenvalue weighted by Gasteiger charge is 2.54. The molecule has 0 aromatic heterocycles. The van der Waals surface area contributed by atoms with Gasteiger partial charge in [-0.05, 0) is 30.7 Å². The highest BCUT2D eigenvalue weighted by molar-refractivity contribution is 7.89. The predicted molar refractivity (Wildman–Crippen MR) is 80.4 cm³/mol. The van der Waals surface area contributed by atoms with Crippen molar-refractivity contribution >= 4 is 10.0 Å². The molecular weight excluding hydrogens is 363 g/mol. The van der Waals surface area contributed by atoms with Gasteiger partial charge in [0.15, 0.2) is 0 Å². The van der Waals surface area contributed by atoms with E-state index in [1.54, 1.807) is 0 Å². The van der Waals surface area contributed by atoms with Crippen molar-refractivity contribution in [2.24, 2.45) is 11.8 Å². The monoisotopic (exact) mass is 381 g/mol. The van der Waals surface area contributed by atoms with E-state index in [9.17, 15) is 21.6 Å². The SMILES string of the molecule is COC[C@H]1[C@@H](NS(=O)(=O)c2ccc(OC(F)(F)F)cc2)[C@H]2CCO[C@H]21. The third kappa shape index (κ3) is 3.91. The van der Waals surface area contributed by atoms with Gasteiger partial charge in [0.25, 0.3) is 0 Å². The Bertz CT molecular complexity index is 707. The van der Waals surface area contributed by atoms with Gasteiger partial charge < -0.3 is 14.2 Å². The third-order valence-electron chi connectivity index (χ3n) is 4.55. The topological polar surface area (TPSA) is 73.9 Å². The molecule has 1 aromatic carbocycles. The number of ether oxygens (including phenoxy) is 3. The molecule has 1 heterocycles. The largest absolute Gasteiger partial charge is 0.573 e. The van der Waals surface area contributed by atoms with Gasteiger partial charge in [0.1, 0.15) is 5.75 Å². The van der Waals surface area contributed by atoms with Crippen LogP contribution in [0.3, 0.4) is 0 Å². The van der Waals surface area contributed by atoms with Crippen molar-refractivity contribution in [3.05, 3.63) is 24.3 Å². The number of hydrogen-bond acceptors (Lipinski definition) is 5. The fourth-order valence-electron chi connectivity index (χ4n) is 3.46. The molecule has 10 heteroatoms. The number of halogens is 3. The quantitative estimate of drug-likeness (QED) is 0.815. The van der Waals surface area contributed by atoms with Gasteiger partial charge in [-0.3, -0.25) is 0 Å². The highest BCUT2D eigenvalue weighted by Crippen LogP contribution is 2.44. The molecule has 0 radical (unpaired) electrons. The molecule has 140 valence electrons. The first-order chi connectivity index (χ1) is 11.7. The molecule has 1 saturated carbocycles. The summed E-state index contributed by atoms with van der Waals surface area (Å²) >= 11 is 0. The molecular formula is C15H18F3NO5S. The standard InChI is InChI=1S/C15H18F3NO5S/c1-22-8-12-13(11-6-7-23-14(11)12)19-25(20,21)10-4-2-9(3-5-10)24-15(16,17)18/h2-5,11-14,19H,6-8H2,1H3/t11-,12+,13+,14-/m1/s1. The highest BCUT2D eigenvalue weighted by atomic mass is 32.2. The lowest BCUT2D eigenvalue weighted by Gasteiger charge is -2.47. The summed E-state index contributed by atoms with van der Waals surface area (Å²) in [4.78, 5) is -0.124. The van der Waals surface area contributed by atoms with Gasteiger partial charge in [-0.2, -0.15) is 0 Å². The number of hydrogen-bond donors (Lipinski definition) is 1. The maximum absolute atomic E-state index is 12.5. The van der Waals surface area contributed by atoms with E-state index >= 15 is 0 Å². The number of rotatable bonds is 6. The van der Waals surface area contributed by atoms with E-state index in [0.717, 1.165) is 30.7 Å². The van der Waals surface area contributed by atoms with Crippen molar-refractivity contribution in [2.45, 2.75) is 29.8 Å². The Labute approximate surface area is 143 Å². The average molecular weight is 381 g/mol. The van der Waals surface area contributed by atoms with Crippen LogP contribution in [0.15, 0.2) is 29.2 Å². The van der Waals surface area contributed by atoms with Crippen LogP contribution in [0.2, 0.25) is 0 Å². The normalized spacial score (nSPS) is 29.1. The van der Waals surface area contributed by atoms with Crippen molar-refractivity contribution < 1.29 is 35.8 Å². The van der Waals surface area contributed by atoms with Crippen molar-refractivity contribution in [1.29, 1.82) is 0 Å². The first kappa shape index (κ1) is 18.4. The fourth-order valence-corrected chi connectivity index (χ4v) is 4.80. The number of methoxy groups -OCH3 is 1. The zero-order valence-electron chi connectivity index (χ0n) is 13.3. The fraction of sp³-hybridized carbons (Fsp3) is 0.600. The summed E-state index contributed by atoms with van der Waals surface area (Å²) in [6.07, 6.45) is -4.08. The lowest BCUT2D eigenvalue weighted by Crippen LogP contribution is -2.62. The zero-order valence-corrected chi connectivity index (χ0v) is 14.1. The molecule has 1 N–H and O–H groups in total. The minimum atomic E-state index is -4.82. The molecule has 4 atom stereocenters. The van der Waals surface area contributed by atoms with Gasteiger partial charge >= 0.3 is 6.36 Å². The van der Waals surface area contributed by atoms with Gasteiger partial charge in [-0.15, -0.1) is 13.2 Å². The van der Waals surface area contributed by atoms with E-state index in [-0.39, 0.29) is 28.9 Å². The molecule has 0 amide bonds. The van der Waals surface area contributed by atoms with Crippen molar-refractivity contribution in [2.75, 3.05) is 20.3 Å². The van der Waals surface area contributed by atoms with Crippen molar-refractivity contribution in [3.8, 4) is 5.75 Å². The second kappa shape index (κ2) is 6.75. The number of alkyl halides is 3. The molecule has 3 rings (SSSR count). The summed E-state index contributed by atoms with van der Waals surface area (Å²) in [6.45, 7) is 0.948. The lowest BCUT2D eigenvalue weighted by molar-refractivity contribution is -0.274. The van der Waals surface area contributed by atoms with Gasteiger partial charge in [0.2, 0.25) is 10.0 Å². The molecule has 6 nitrogen and oxygen atoms in total. The summed E-state index contributed by atoms with van der Waals surface area (Å²) in [7, 11) is -2.33. The Balaban J connectivity index is 1.71. The molecule has 2 fully saturated rings. The van der Waals surface area contributed by atoms with Crippen molar-refractivity contribution in [1.82, 2.24) is 4.72 Å².